The molecule has 1 aliphatic rings. The number of sulfone groups is 1. The molecular formula is C14H21NO2S2. The zero-order valence-corrected chi connectivity index (χ0v) is 13.3. The molecule has 0 spiro atoms. The Bertz CT molecular complexity index is 552. The van der Waals surface area contributed by atoms with Gasteiger partial charge in [0.2, 0.25) is 0 Å². The predicted molar refractivity (Wildman–Crippen MR) is 82.7 cm³/mol. The summed E-state index contributed by atoms with van der Waals surface area (Å²) in [7, 11) is -3.19. The second-order valence-electron chi connectivity index (χ2n) is 5.78. The van der Waals surface area contributed by atoms with Gasteiger partial charge < -0.3 is 5.32 Å². The normalized spacial score (nSPS) is 23.0. The fourth-order valence-electron chi connectivity index (χ4n) is 2.27. The summed E-state index contributed by atoms with van der Waals surface area (Å²) in [6, 6.07) is 7.46. The van der Waals surface area contributed by atoms with E-state index >= 15 is 0 Å². The Balaban J connectivity index is 2.29. The van der Waals surface area contributed by atoms with Crippen molar-refractivity contribution >= 4 is 27.3 Å². The molecule has 1 aromatic rings. The highest BCUT2D eigenvalue weighted by atomic mass is 32.2. The van der Waals surface area contributed by atoms with Crippen LogP contribution in [0.5, 0.6) is 0 Å². The molecule has 0 aliphatic carbocycles. The van der Waals surface area contributed by atoms with Gasteiger partial charge in [-0.3, -0.25) is 0 Å². The first-order valence-electron chi connectivity index (χ1n) is 6.44. The van der Waals surface area contributed by atoms with Crippen LogP contribution in [0, 0.1) is 5.41 Å². The third-order valence-electron chi connectivity index (χ3n) is 3.73. The van der Waals surface area contributed by atoms with Gasteiger partial charge >= 0.3 is 0 Å². The van der Waals surface area contributed by atoms with Gasteiger partial charge in [-0.15, -0.1) is 0 Å². The number of rotatable bonds is 3. The van der Waals surface area contributed by atoms with E-state index in [1.807, 2.05) is 23.9 Å². The van der Waals surface area contributed by atoms with Crippen LogP contribution in [0.25, 0.3) is 0 Å². The molecule has 1 unspecified atom stereocenters. The van der Waals surface area contributed by atoms with Crippen molar-refractivity contribution in [2.75, 3.05) is 23.1 Å². The zero-order valence-electron chi connectivity index (χ0n) is 11.6. The molecule has 1 heterocycles. The Morgan fingerprint density at radius 1 is 1.32 bits per heavy atom. The van der Waals surface area contributed by atoms with Gasteiger partial charge in [-0.25, -0.2) is 8.42 Å². The number of para-hydroxylation sites is 1. The summed E-state index contributed by atoms with van der Waals surface area (Å²) in [4.78, 5) is 0.390. The van der Waals surface area contributed by atoms with Gasteiger partial charge in [-0.1, -0.05) is 26.0 Å². The number of benzene rings is 1. The monoisotopic (exact) mass is 299 g/mol. The van der Waals surface area contributed by atoms with E-state index in [2.05, 4.69) is 19.2 Å². The SMILES string of the molecule is CC1(C)CCSCC1Nc1ccccc1S(C)(=O)=O. The van der Waals surface area contributed by atoms with E-state index in [1.54, 1.807) is 12.1 Å². The number of hydrogen-bond donors (Lipinski definition) is 1. The quantitative estimate of drug-likeness (QED) is 0.932. The van der Waals surface area contributed by atoms with Crippen LogP contribution >= 0.6 is 11.8 Å². The predicted octanol–water partition coefficient (Wildman–Crippen LogP) is 3.03. The molecule has 1 saturated heterocycles. The summed E-state index contributed by atoms with van der Waals surface area (Å²) in [5, 5.41) is 3.45. The Morgan fingerprint density at radius 3 is 2.63 bits per heavy atom. The Hall–Kier alpha value is -0.680. The molecule has 1 N–H and O–H groups in total. The summed E-state index contributed by atoms with van der Waals surface area (Å²) in [6.07, 6.45) is 2.41. The summed E-state index contributed by atoms with van der Waals surface area (Å²) in [6.45, 7) is 4.49. The molecule has 2 rings (SSSR count). The second kappa shape index (κ2) is 5.37. The van der Waals surface area contributed by atoms with Gasteiger partial charge in [-0.05, 0) is 29.7 Å². The minimum Gasteiger partial charge on any atom is -0.380 e. The molecule has 1 aliphatic heterocycles. The van der Waals surface area contributed by atoms with E-state index in [4.69, 9.17) is 0 Å². The molecule has 1 fully saturated rings. The van der Waals surface area contributed by atoms with Crippen LogP contribution in [0.2, 0.25) is 0 Å². The highest BCUT2D eigenvalue weighted by Gasteiger charge is 2.33. The number of nitrogens with one attached hydrogen (secondary N) is 1. The number of hydrogen-bond acceptors (Lipinski definition) is 4. The Labute approximate surface area is 120 Å². The van der Waals surface area contributed by atoms with Crippen LogP contribution in [-0.2, 0) is 9.84 Å². The maximum atomic E-state index is 11.8. The standard InChI is InChI=1S/C14H21NO2S2/c1-14(2)8-9-18-10-13(14)15-11-6-4-5-7-12(11)19(3,16)17/h4-7,13,15H,8-10H2,1-3H3. The van der Waals surface area contributed by atoms with Gasteiger partial charge in [0.15, 0.2) is 9.84 Å². The second-order valence-corrected chi connectivity index (χ2v) is 8.91. The Morgan fingerprint density at radius 2 is 2.00 bits per heavy atom. The first-order chi connectivity index (χ1) is 8.81. The molecule has 106 valence electrons. The molecule has 19 heavy (non-hydrogen) atoms. The molecule has 3 nitrogen and oxygen atoms in total. The van der Waals surface area contributed by atoms with Crippen molar-refractivity contribution in [3.05, 3.63) is 24.3 Å². The van der Waals surface area contributed by atoms with E-state index in [0.29, 0.717) is 10.9 Å². The number of thioether (sulfide) groups is 1. The lowest BCUT2D eigenvalue weighted by atomic mass is 9.82. The highest BCUT2D eigenvalue weighted by molar-refractivity contribution is 7.99. The summed E-state index contributed by atoms with van der Waals surface area (Å²) < 4.78 is 23.6. The van der Waals surface area contributed by atoms with E-state index in [9.17, 15) is 8.42 Å². The first kappa shape index (κ1) is 14.7. The van der Waals surface area contributed by atoms with Crippen molar-refractivity contribution in [3.8, 4) is 0 Å². The maximum absolute atomic E-state index is 11.8. The van der Waals surface area contributed by atoms with Crippen LogP contribution in [0.4, 0.5) is 5.69 Å². The van der Waals surface area contributed by atoms with Crippen LogP contribution in [-0.4, -0.2) is 32.2 Å². The fourth-order valence-corrected chi connectivity index (χ4v) is 4.73. The summed E-state index contributed by atoms with van der Waals surface area (Å²) in [5.41, 5.74) is 0.918. The topological polar surface area (TPSA) is 46.2 Å². The maximum Gasteiger partial charge on any atom is 0.177 e. The highest BCUT2D eigenvalue weighted by Crippen LogP contribution is 2.36. The van der Waals surface area contributed by atoms with Crippen LogP contribution in [0.15, 0.2) is 29.2 Å². The average molecular weight is 299 g/mol. The summed E-state index contributed by atoms with van der Waals surface area (Å²) >= 11 is 1.93. The molecule has 1 atom stereocenters. The Kier molecular flexibility index (Phi) is 4.16. The van der Waals surface area contributed by atoms with Gasteiger partial charge in [0.25, 0.3) is 0 Å². The molecule has 1 aromatic carbocycles. The number of anilines is 1. The van der Waals surface area contributed by atoms with Crippen molar-refractivity contribution in [2.45, 2.75) is 31.2 Å². The van der Waals surface area contributed by atoms with Gasteiger partial charge in [0.1, 0.15) is 0 Å². The molecular weight excluding hydrogens is 278 g/mol. The lowest BCUT2D eigenvalue weighted by Crippen LogP contribution is -2.41. The van der Waals surface area contributed by atoms with Crippen molar-refractivity contribution in [1.82, 2.24) is 0 Å². The minimum absolute atomic E-state index is 0.190. The summed E-state index contributed by atoms with van der Waals surface area (Å²) in [5.74, 6) is 2.20. The minimum atomic E-state index is -3.19. The molecule has 5 heteroatoms. The van der Waals surface area contributed by atoms with Crippen molar-refractivity contribution < 1.29 is 8.42 Å². The van der Waals surface area contributed by atoms with Gasteiger partial charge in [-0.2, -0.15) is 11.8 Å². The van der Waals surface area contributed by atoms with E-state index in [0.717, 1.165) is 17.9 Å². The van der Waals surface area contributed by atoms with Crippen molar-refractivity contribution in [2.24, 2.45) is 5.41 Å². The third kappa shape index (κ3) is 3.45. The van der Waals surface area contributed by atoms with E-state index in [-0.39, 0.29) is 5.41 Å². The average Bonchev–Trinajstić information content (AvgIpc) is 2.31. The largest absolute Gasteiger partial charge is 0.380 e. The third-order valence-corrected chi connectivity index (χ3v) is 5.95. The van der Waals surface area contributed by atoms with Crippen molar-refractivity contribution in [3.63, 3.8) is 0 Å². The van der Waals surface area contributed by atoms with Crippen LogP contribution in [0.1, 0.15) is 20.3 Å². The van der Waals surface area contributed by atoms with E-state index in [1.165, 1.54) is 12.0 Å². The lowest BCUT2D eigenvalue weighted by molar-refractivity contribution is 0.305. The van der Waals surface area contributed by atoms with Gasteiger partial charge in [0.05, 0.1) is 10.6 Å². The molecule has 0 saturated carbocycles. The fraction of sp³-hybridized carbons (Fsp3) is 0.571. The van der Waals surface area contributed by atoms with Gasteiger partial charge in [0, 0.05) is 18.1 Å². The molecule has 0 bridgehead atoms. The smallest absolute Gasteiger partial charge is 0.177 e. The zero-order chi connectivity index (χ0) is 14.1. The molecule has 0 amide bonds. The van der Waals surface area contributed by atoms with E-state index < -0.39 is 9.84 Å². The van der Waals surface area contributed by atoms with Crippen LogP contribution < -0.4 is 5.32 Å². The van der Waals surface area contributed by atoms with Crippen molar-refractivity contribution in [1.29, 1.82) is 0 Å². The molecule has 0 aromatic heterocycles. The molecule has 0 radical (unpaired) electrons. The van der Waals surface area contributed by atoms with Crippen LogP contribution in [0.3, 0.4) is 0 Å². The first-order valence-corrected chi connectivity index (χ1v) is 9.49. The lowest BCUT2D eigenvalue weighted by Gasteiger charge is -2.39.